The summed E-state index contributed by atoms with van der Waals surface area (Å²) in [6, 6.07) is 11.6. The Morgan fingerprint density at radius 3 is 2.65 bits per heavy atom. The van der Waals surface area contributed by atoms with Crippen LogP contribution in [0, 0.1) is 19.7 Å². The Balaban J connectivity index is 1.71. The van der Waals surface area contributed by atoms with Gasteiger partial charge in [-0.3, -0.25) is 4.98 Å². The Labute approximate surface area is 151 Å². The van der Waals surface area contributed by atoms with Crippen LogP contribution < -0.4 is 5.32 Å². The highest BCUT2D eigenvalue weighted by atomic mass is 19.1. The van der Waals surface area contributed by atoms with E-state index in [-0.39, 0.29) is 6.03 Å². The molecule has 0 saturated heterocycles. The quantitative estimate of drug-likeness (QED) is 0.778. The third kappa shape index (κ3) is 3.88. The molecule has 0 aliphatic carbocycles. The molecule has 0 aliphatic rings. The number of carbonyl (C=O) groups is 1. The van der Waals surface area contributed by atoms with Gasteiger partial charge in [-0.2, -0.15) is 5.10 Å². The van der Waals surface area contributed by atoms with E-state index in [1.54, 1.807) is 30.1 Å². The minimum absolute atomic E-state index is 0.339. The number of carbonyl (C=O) groups excluding carboxylic acids is 1. The molecule has 1 aromatic carbocycles. The number of hydrogen-bond acceptors (Lipinski definition) is 3. The van der Waals surface area contributed by atoms with Crippen molar-refractivity contribution in [3.8, 4) is 5.69 Å². The molecule has 7 heteroatoms. The number of aryl methyl sites for hydroxylation is 2. The fraction of sp³-hybridized carbons (Fsp3) is 0.211. The highest BCUT2D eigenvalue weighted by molar-refractivity contribution is 5.89. The van der Waals surface area contributed by atoms with E-state index in [2.05, 4.69) is 15.4 Å². The van der Waals surface area contributed by atoms with Crippen molar-refractivity contribution in [3.05, 3.63) is 71.6 Å². The Hall–Kier alpha value is -3.22. The predicted molar refractivity (Wildman–Crippen MR) is 97.7 cm³/mol. The SMILES string of the molecule is Cc1cc(C)n(-c2ccc(NC(=O)N(C)Cc3ccccn3)cc2F)n1. The first-order chi connectivity index (χ1) is 12.4. The molecule has 6 nitrogen and oxygen atoms in total. The standard InChI is InChI=1S/C19H20FN5O/c1-13-10-14(2)25(23-13)18-8-7-15(11-17(18)20)22-19(26)24(3)12-16-6-4-5-9-21-16/h4-11H,12H2,1-3H3,(H,22,26). The second kappa shape index (κ2) is 7.35. The minimum atomic E-state index is -0.457. The number of pyridine rings is 1. The van der Waals surface area contributed by atoms with E-state index in [9.17, 15) is 9.18 Å². The van der Waals surface area contributed by atoms with Crippen molar-refractivity contribution < 1.29 is 9.18 Å². The van der Waals surface area contributed by atoms with Crippen LogP contribution in [-0.2, 0) is 6.54 Å². The van der Waals surface area contributed by atoms with E-state index in [1.165, 1.54) is 11.0 Å². The summed E-state index contributed by atoms with van der Waals surface area (Å²) in [6.07, 6.45) is 1.67. The van der Waals surface area contributed by atoms with Crippen LogP contribution in [0.15, 0.2) is 48.7 Å². The molecule has 2 amide bonds. The molecule has 0 spiro atoms. The highest BCUT2D eigenvalue weighted by Crippen LogP contribution is 2.20. The summed E-state index contributed by atoms with van der Waals surface area (Å²) in [5.74, 6) is -0.457. The molecular formula is C19H20FN5O. The van der Waals surface area contributed by atoms with E-state index < -0.39 is 5.82 Å². The van der Waals surface area contributed by atoms with Gasteiger partial charge in [-0.05, 0) is 50.2 Å². The Bertz CT molecular complexity index is 923. The summed E-state index contributed by atoms with van der Waals surface area (Å²) in [4.78, 5) is 18.0. The number of aromatic nitrogens is 3. The number of nitrogens with one attached hydrogen (secondary N) is 1. The maximum absolute atomic E-state index is 14.5. The maximum Gasteiger partial charge on any atom is 0.321 e. The smallest absolute Gasteiger partial charge is 0.321 e. The lowest BCUT2D eigenvalue weighted by Crippen LogP contribution is -2.31. The van der Waals surface area contributed by atoms with Gasteiger partial charge in [0, 0.05) is 24.6 Å². The van der Waals surface area contributed by atoms with Crippen LogP contribution in [-0.4, -0.2) is 32.7 Å². The van der Waals surface area contributed by atoms with Gasteiger partial charge >= 0.3 is 6.03 Å². The molecule has 0 fully saturated rings. The number of halogens is 1. The van der Waals surface area contributed by atoms with Crippen molar-refractivity contribution >= 4 is 11.7 Å². The van der Waals surface area contributed by atoms with Crippen LogP contribution in [0.3, 0.4) is 0 Å². The number of nitrogens with zero attached hydrogens (tertiary/aromatic N) is 4. The largest absolute Gasteiger partial charge is 0.322 e. The molecule has 3 aromatic rings. The normalized spacial score (nSPS) is 10.6. The predicted octanol–water partition coefficient (Wildman–Crippen LogP) is 3.69. The third-order valence-electron chi connectivity index (χ3n) is 3.91. The lowest BCUT2D eigenvalue weighted by Gasteiger charge is -2.18. The molecule has 26 heavy (non-hydrogen) atoms. The summed E-state index contributed by atoms with van der Waals surface area (Å²) >= 11 is 0. The van der Waals surface area contributed by atoms with Crippen molar-refractivity contribution in [2.75, 3.05) is 12.4 Å². The van der Waals surface area contributed by atoms with Gasteiger partial charge in [0.2, 0.25) is 0 Å². The second-order valence-electron chi connectivity index (χ2n) is 6.11. The van der Waals surface area contributed by atoms with Crippen molar-refractivity contribution in [1.82, 2.24) is 19.7 Å². The molecule has 0 aliphatic heterocycles. The molecule has 3 rings (SSSR count). The molecule has 134 valence electrons. The number of rotatable bonds is 4. The zero-order chi connectivity index (χ0) is 18.7. The van der Waals surface area contributed by atoms with Crippen molar-refractivity contribution in [2.45, 2.75) is 20.4 Å². The van der Waals surface area contributed by atoms with Crippen LogP contribution in [0.25, 0.3) is 5.69 Å². The third-order valence-corrected chi connectivity index (χ3v) is 3.91. The van der Waals surface area contributed by atoms with Crippen LogP contribution in [0.2, 0.25) is 0 Å². The first kappa shape index (κ1) is 17.6. The van der Waals surface area contributed by atoms with Gasteiger partial charge in [0.05, 0.1) is 17.9 Å². The zero-order valence-corrected chi connectivity index (χ0v) is 14.9. The van der Waals surface area contributed by atoms with Crippen LogP contribution in [0.1, 0.15) is 17.1 Å². The number of benzene rings is 1. The first-order valence-electron chi connectivity index (χ1n) is 8.19. The van der Waals surface area contributed by atoms with E-state index >= 15 is 0 Å². The monoisotopic (exact) mass is 353 g/mol. The molecule has 1 N–H and O–H groups in total. The van der Waals surface area contributed by atoms with Gasteiger partial charge in [-0.25, -0.2) is 13.9 Å². The second-order valence-corrected chi connectivity index (χ2v) is 6.11. The topological polar surface area (TPSA) is 63.1 Å². The van der Waals surface area contributed by atoms with Gasteiger partial charge in [-0.15, -0.1) is 0 Å². The van der Waals surface area contributed by atoms with Gasteiger partial charge in [0.15, 0.2) is 5.82 Å². The zero-order valence-electron chi connectivity index (χ0n) is 14.9. The molecule has 0 saturated carbocycles. The van der Waals surface area contributed by atoms with Crippen LogP contribution in [0.4, 0.5) is 14.9 Å². The number of urea groups is 1. The average molecular weight is 353 g/mol. The molecular weight excluding hydrogens is 333 g/mol. The summed E-state index contributed by atoms with van der Waals surface area (Å²) in [5, 5.41) is 6.97. The number of amides is 2. The van der Waals surface area contributed by atoms with Gasteiger partial charge in [-0.1, -0.05) is 6.07 Å². The Morgan fingerprint density at radius 2 is 2.04 bits per heavy atom. The summed E-state index contributed by atoms with van der Waals surface area (Å²) < 4.78 is 16.0. The molecule has 0 bridgehead atoms. The van der Waals surface area contributed by atoms with E-state index in [0.717, 1.165) is 17.1 Å². The van der Waals surface area contributed by atoms with Gasteiger partial charge in [0.1, 0.15) is 5.69 Å². The van der Waals surface area contributed by atoms with Crippen molar-refractivity contribution in [2.24, 2.45) is 0 Å². The molecule has 0 atom stereocenters. The summed E-state index contributed by atoms with van der Waals surface area (Å²) in [7, 11) is 1.66. The molecule has 2 heterocycles. The number of hydrogen-bond donors (Lipinski definition) is 1. The molecule has 0 unspecified atom stereocenters. The van der Waals surface area contributed by atoms with Crippen molar-refractivity contribution in [1.29, 1.82) is 0 Å². The van der Waals surface area contributed by atoms with Gasteiger partial charge < -0.3 is 10.2 Å². The fourth-order valence-corrected chi connectivity index (χ4v) is 2.65. The number of anilines is 1. The lowest BCUT2D eigenvalue weighted by molar-refractivity contribution is 0.220. The van der Waals surface area contributed by atoms with E-state index in [4.69, 9.17) is 0 Å². The first-order valence-corrected chi connectivity index (χ1v) is 8.19. The molecule has 2 aromatic heterocycles. The fourth-order valence-electron chi connectivity index (χ4n) is 2.65. The maximum atomic E-state index is 14.5. The minimum Gasteiger partial charge on any atom is -0.322 e. The van der Waals surface area contributed by atoms with E-state index in [0.29, 0.717) is 17.9 Å². The Kier molecular flexibility index (Phi) is 4.97. The van der Waals surface area contributed by atoms with E-state index in [1.807, 2.05) is 38.1 Å². The molecule has 0 radical (unpaired) electrons. The van der Waals surface area contributed by atoms with Crippen molar-refractivity contribution in [3.63, 3.8) is 0 Å². The highest BCUT2D eigenvalue weighted by Gasteiger charge is 2.13. The van der Waals surface area contributed by atoms with Crippen LogP contribution in [0.5, 0.6) is 0 Å². The lowest BCUT2D eigenvalue weighted by atomic mass is 10.2. The summed E-state index contributed by atoms with van der Waals surface area (Å²) in [6.45, 7) is 4.08. The van der Waals surface area contributed by atoms with Crippen LogP contribution >= 0.6 is 0 Å². The summed E-state index contributed by atoms with van der Waals surface area (Å²) in [5.41, 5.74) is 3.15. The van der Waals surface area contributed by atoms with Gasteiger partial charge in [0.25, 0.3) is 0 Å². The average Bonchev–Trinajstić information content (AvgIpc) is 2.94. The Morgan fingerprint density at radius 1 is 1.23 bits per heavy atom.